The van der Waals surface area contributed by atoms with Crippen LogP contribution in [0.3, 0.4) is 0 Å². The maximum atomic E-state index is 13.7. The predicted molar refractivity (Wildman–Crippen MR) is 65.3 cm³/mol. The van der Waals surface area contributed by atoms with Crippen molar-refractivity contribution >= 4 is 22.6 Å². The first-order valence-electron chi connectivity index (χ1n) is 5.01. The highest BCUT2D eigenvalue weighted by Gasteiger charge is 2.43. The summed E-state index contributed by atoms with van der Waals surface area (Å²) in [5, 5.41) is 0. The molecule has 0 N–H and O–H groups in total. The average Bonchev–Trinajstić information content (AvgIpc) is 2.13. The molecule has 0 aromatic heterocycles. The molecule has 0 saturated carbocycles. The summed E-state index contributed by atoms with van der Waals surface area (Å²) in [7, 11) is 0. The first kappa shape index (κ1) is 11.3. The molecule has 15 heavy (non-hydrogen) atoms. The molecule has 0 fully saturated rings. The fourth-order valence-corrected chi connectivity index (χ4v) is 2.63. The van der Waals surface area contributed by atoms with Gasteiger partial charge in [-0.25, -0.2) is 8.78 Å². The van der Waals surface area contributed by atoms with Crippen molar-refractivity contribution in [1.82, 2.24) is 0 Å². The number of alkyl halides is 2. The summed E-state index contributed by atoms with van der Waals surface area (Å²) in [6.45, 7) is 4.08. The Balaban J connectivity index is 2.64. The van der Waals surface area contributed by atoms with Crippen LogP contribution in [-0.4, -0.2) is 0 Å². The topological polar surface area (TPSA) is 0 Å². The lowest BCUT2D eigenvalue weighted by molar-refractivity contribution is -0.0307. The van der Waals surface area contributed by atoms with Gasteiger partial charge in [0.1, 0.15) is 0 Å². The molecule has 1 aromatic rings. The molecule has 0 unspecified atom stereocenters. The van der Waals surface area contributed by atoms with Crippen molar-refractivity contribution in [1.29, 1.82) is 0 Å². The second-order valence-electron chi connectivity index (χ2n) is 4.78. The molecule has 1 aliphatic carbocycles. The Labute approximate surface area is 102 Å². The summed E-state index contributed by atoms with van der Waals surface area (Å²) in [4.78, 5) is 0. The highest BCUT2D eigenvalue weighted by Crippen LogP contribution is 2.47. The molecular formula is C12H13F2I. The number of hydrogen-bond acceptors (Lipinski definition) is 0. The Morgan fingerprint density at radius 2 is 1.80 bits per heavy atom. The zero-order valence-electron chi connectivity index (χ0n) is 8.78. The summed E-state index contributed by atoms with van der Waals surface area (Å²) in [6, 6.07) is 5.23. The molecule has 0 spiro atoms. The molecule has 0 atom stereocenters. The Morgan fingerprint density at radius 1 is 1.13 bits per heavy atom. The summed E-state index contributed by atoms with van der Waals surface area (Å²) in [6.07, 6.45) is 0.515. The summed E-state index contributed by atoms with van der Waals surface area (Å²) < 4.78 is 28.4. The number of hydrogen-bond donors (Lipinski definition) is 0. The second-order valence-corrected chi connectivity index (χ2v) is 6.02. The molecule has 0 bridgehead atoms. The van der Waals surface area contributed by atoms with Gasteiger partial charge in [-0.3, -0.25) is 0 Å². The van der Waals surface area contributed by atoms with Gasteiger partial charge in [-0.15, -0.1) is 0 Å². The van der Waals surface area contributed by atoms with E-state index in [1.54, 1.807) is 12.1 Å². The highest BCUT2D eigenvalue weighted by atomic mass is 127. The fraction of sp³-hybridized carbons (Fsp3) is 0.500. The molecule has 0 saturated heterocycles. The van der Waals surface area contributed by atoms with Gasteiger partial charge in [-0.2, -0.15) is 0 Å². The third kappa shape index (κ3) is 1.90. The van der Waals surface area contributed by atoms with Crippen LogP contribution < -0.4 is 0 Å². The molecule has 3 heteroatoms. The monoisotopic (exact) mass is 322 g/mol. The van der Waals surface area contributed by atoms with Crippen LogP contribution in [0.1, 0.15) is 37.8 Å². The van der Waals surface area contributed by atoms with E-state index >= 15 is 0 Å². The quantitative estimate of drug-likeness (QED) is 0.619. The van der Waals surface area contributed by atoms with Gasteiger partial charge < -0.3 is 0 Å². The maximum Gasteiger partial charge on any atom is 0.273 e. The van der Waals surface area contributed by atoms with Crippen molar-refractivity contribution < 1.29 is 8.78 Å². The van der Waals surface area contributed by atoms with Crippen molar-refractivity contribution in [2.45, 2.75) is 38.0 Å². The van der Waals surface area contributed by atoms with Crippen molar-refractivity contribution in [2.24, 2.45) is 0 Å². The van der Waals surface area contributed by atoms with E-state index in [-0.39, 0.29) is 17.4 Å². The average molecular weight is 322 g/mol. The predicted octanol–water partition coefficient (Wildman–Crippen LogP) is 4.45. The molecule has 1 aliphatic rings. The van der Waals surface area contributed by atoms with Gasteiger partial charge >= 0.3 is 0 Å². The van der Waals surface area contributed by atoms with Crippen molar-refractivity contribution in [2.75, 3.05) is 0 Å². The Hall–Kier alpha value is -0.190. The fourth-order valence-electron chi connectivity index (χ4n) is 2.13. The van der Waals surface area contributed by atoms with Crippen LogP contribution in [0.5, 0.6) is 0 Å². The van der Waals surface area contributed by atoms with Crippen LogP contribution in [0.15, 0.2) is 18.2 Å². The minimum Gasteiger partial charge on any atom is -0.201 e. The third-order valence-corrected chi connectivity index (χ3v) is 3.84. The van der Waals surface area contributed by atoms with Gasteiger partial charge in [0, 0.05) is 15.6 Å². The van der Waals surface area contributed by atoms with E-state index in [4.69, 9.17) is 0 Å². The molecule has 1 aromatic carbocycles. The summed E-state index contributed by atoms with van der Waals surface area (Å²) in [5.41, 5.74) is 0.905. The third-order valence-electron chi connectivity index (χ3n) is 3.17. The van der Waals surface area contributed by atoms with E-state index in [0.717, 1.165) is 9.13 Å². The van der Waals surface area contributed by atoms with Gasteiger partial charge in [0.15, 0.2) is 0 Å². The molecule has 2 rings (SSSR count). The molecule has 0 heterocycles. The molecule has 0 aliphatic heterocycles. The first-order chi connectivity index (χ1) is 6.83. The smallest absolute Gasteiger partial charge is 0.201 e. The molecule has 0 amide bonds. The maximum absolute atomic E-state index is 13.7. The van der Waals surface area contributed by atoms with Crippen molar-refractivity contribution in [3.8, 4) is 0 Å². The Morgan fingerprint density at radius 3 is 2.47 bits per heavy atom. The van der Waals surface area contributed by atoms with Gasteiger partial charge in [0.25, 0.3) is 5.92 Å². The summed E-state index contributed by atoms with van der Waals surface area (Å²) in [5.74, 6) is -2.64. The number of fused-ring (bicyclic) bond motifs is 1. The minimum atomic E-state index is -2.64. The van der Waals surface area contributed by atoms with E-state index in [1.807, 2.05) is 19.9 Å². The Kier molecular flexibility index (Phi) is 2.56. The number of rotatable bonds is 0. The number of benzene rings is 1. The molecule has 82 valence electrons. The zero-order valence-corrected chi connectivity index (χ0v) is 10.9. The van der Waals surface area contributed by atoms with Gasteiger partial charge in [-0.05, 0) is 52.1 Å². The van der Waals surface area contributed by atoms with Crippen LogP contribution in [0.25, 0.3) is 0 Å². The van der Waals surface area contributed by atoms with Crippen LogP contribution in [-0.2, 0) is 11.3 Å². The SMILES string of the molecule is CC1(C)CCC(F)(F)c2ccc(I)cc21. The van der Waals surface area contributed by atoms with Crippen LogP contribution >= 0.6 is 22.6 Å². The standard InChI is InChI=1S/C12H13F2I/c1-11(2)5-6-12(13,14)9-4-3-8(15)7-10(9)11/h3-4,7H,5-6H2,1-2H3. The Bertz CT molecular complexity index is 397. The lowest BCUT2D eigenvalue weighted by atomic mass is 9.71. The van der Waals surface area contributed by atoms with Gasteiger partial charge in [0.05, 0.1) is 0 Å². The molecule has 0 radical (unpaired) electrons. The molecular weight excluding hydrogens is 309 g/mol. The lowest BCUT2D eigenvalue weighted by Crippen LogP contribution is -2.32. The van der Waals surface area contributed by atoms with Gasteiger partial charge in [0.2, 0.25) is 0 Å². The lowest BCUT2D eigenvalue weighted by Gasteiger charge is -2.37. The normalized spacial score (nSPS) is 22.2. The zero-order chi connectivity index (χ0) is 11.3. The largest absolute Gasteiger partial charge is 0.273 e. The van der Waals surface area contributed by atoms with E-state index in [9.17, 15) is 8.78 Å². The van der Waals surface area contributed by atoms with E-state index < -0.39 is 5.92 Å². The highest BCUT2D eigenvalue weighted by molar-refractivity contribution is 14.1. The van der Waals surface area contributed by atoms with Crippen molar-refractivity contribution in [3.05, 3.63) is 32.9 Å². The second kappa shape index (κ2) is 3.40. The van der Waals surface area contributed by atoms with Crippen LogP contribution in [0.4, 0.5) is 8.78 Å². The van der Waals surface area contributed by atoms with Crippen LogP contribution in [0.2, 0.25) is 0 Å². The minimum absolute atomic E-state index is 0.0341. The van der Waals surface area contributed by atoms with E-state index in [0.29, 0.717) is 6.42 Å². The first-order valence-corrected chi connectivity index (χ1v) is 6.09. The van der Waals surface area contributed by atoms with Gasteiger partial charge in [-0.1, -0.05) is 19.9 Å². The van der Waals surface area contributed by atoms with Crippen LogP contribution in [0, 0.1) is 3.57 Å². The van der Waals surface area contributed by atoms with Crippen molar-refractivity contribution in [3.63, 3.8) is 0 Å². The molecule has 0 nitrogen and oxygen atoms in total. The van der Waals surface area contributed by atoms with E-state index in [1.165, 1.54) is 0 Å². The number of halogens is 3. The summed E-state index contributed by atoms with van der Waals surface area (Å²) >= 11 is 2.17. The van der Waals surface area contributed by atoms with E-state index in [2.05, 4.69) is 22.6 Å².